The van der Waals surface area contributed by atoms with Crippen LogP contribution in [0.1, 0.15) is 11.6 Å². The quantitative estimate of drug-likeness (QED) is 0.268. The van der Waals surface area contributed by atoms with Gasteiger partial charge in [-0.25, -0.2) is 17.9 Å². The molecule has 7 atom stereocenters. The average molecular weight is 667 g/mol. The van der Waals surface area contributed by atoms with Gasteiger partial charge >= 0.3 is 0 Å². The van der Waals surface area contributed by atoms with E-state index in [1.165, 1.54) is 24.3 Å². The van der Waals surface area contributed by atoms with E-state index in [0.29, 0.717) is 4.47 Å². The second kappa shape index (κ2) is 12.7. The van der Waals surface area contributed by atoms with E-state index in [0.717, 1.165) is 16.8 Å². The van der Waals surface area contributed by atoms with Crippen LogP contribution in [-0.4, -0.2) is 99.6 Å². The summed E-state index contributed by atoms with van der Waals surface area (Å²) < 4.78 is 54.4. The van der Waals surface area contributed by atoms with Crippen molar-refractivity contribution in [3.63, 3.8) is 0 Å². The molecule has 3 aromatic rings. The van der Waals surface area contributed by atoms with E-state index >= 15 is 0 Å². The molecule has 0 bridgehead atoms. The van der Waals surface area contributed by atoms with Gasteiger partial charge in [-0.1, -0.05) is 21.1 Å². The zero-order valence-corrected chi connectivity index (χ0v) is 24.0. The van der Waals surface area contributed by atoms with Crippen LogP contribution in [0.15, 0.2) is 41.0 Å². The van der Waals surface area contributed by atoms with E-state index in [4.69, 9.17) is 9.47 Å². The lowest BCUT2D eigenvalue weighted by Gasteiger charge is -2.45. The molecular weight excluding hydrogens is 641 g/mol. The molecule has 0 saturated carbocycles. The van der Waals surface area contributed by atoms with E-state index < -0.39 is 72.6 Å². The fraction of sp³-hybridized carbons (Fsp3) is 0.407. The van der Waals surface area contributed by atoms with Crippen LogP contribution < -0.4 is 10.2 Å². The predicted octanol–water partition coefficient (Wildman–Crippen LogP) is 1.04. The molecule has 2 saturated heterocycles. The molecule has 0 spiro atoms. The van der Waals surface area contributed by atoms with Crippen LogP contribution in [0.2, 0.25) is 0 Å². The third-order valence-corrected chi connectivity index (χ3v) is 7.95. The molecule has 0 aliphatic carbocycles. The second-order valence-electron chi connectivity index (χ2n) is 10.1. The number of β-amino-alcohol motifs (C(OH)–C–C–N with tert-alkyl or cyclic N) is 1. The molecule has 0 radical (unpaired) electrons. The number of halogens is 4. The summed E-state index contributed by atoms with van der Waals surface area (Å²) in [5.41, 5.74) is 0.297. The van der Waals surface area contributed by atoms with E-state index in [1.807, 2.05) is 6.07 Å². The zero-order valence-electron chi connectivity index (χ0n) is 22.4. The Kier molecular flexibility index (Phi) is 9.13. The second-order valence-corrected chi connectivity index (χ2v) is 11.0. The maximum atomic E-state index is 14.3. The van der Waals surface area contributed by atoms with Crippen LogP contribution in [0, 0.1) is 28.8 Å². The van der Waals surface area contributed by atoms with Gasteiger partial charge in [0.2, 0.25) is 0 Å². The minimum atomic E-state index is -1.65. The van der Waals surface area contributed by atoms with E-state index in [9.17, 15) is 38.5 Å². The molecule has 2 aliphatic rings. The topological polar surface area (TPSA) is 166 Å². The number of aromatic nitrogens is 3. The van der Waals surface area contributed by atoms with Gasteiger partial charge in [0.15, 0.2) is 23.6 Å². The van der Waals surface area contributed by atoms with E-state index in [-0.39, 0.29) is 35.6 Å². The molecule has 2 aromatic carbocycles. The lowest BCUT2D eigenvalue weighted by molar-refractivity contribution is -0.211. The van der Waals surface area contributed by atoms with Gasteiger partial charge in [0.1, 0.15) is 30.0 Å². The number of carbonyl (C=O) groups is 1. The number of nitriles is 1. The summed E-state index contributed by atoms with van der Waals surface area (Å²) in [6.45, 7) is -0.311. The van der Waals surface area contributed by atoms with Crippen LogP contribution in [0.3, 0.4) is 0 Å². The summed E-state index contributed by atoms with van der Waals surface area (Å²) in [5.74, 6) is -5.23. The molecular formula is C27H26BrF3N6O6. The number of ether oxygens (including phenoxy) is 2. The first-order valence-corrected chi connectivity index (χ1v) is 13.8. The summed E-state index contributed by atoms with van der Waals surface area (Å²) in [5, 5.41) is 52.4. The standard InChI is InChI=1S/C27H26BrF3N6O6/c1-42-25-23(36-10-18(34-35-36)13-4-16(29)22(31)17(30)5-13)24(40)21(11-38)43-26(25)27(41)37(19-8-33-9-20(19)39)15-3-12(7-32)2-14(28)6-15/h2-6,10,19-21,23-26,33,38-40H,8-9,11H2,1H3/t19-,20-,21?,23?,24?,25?,26?/m0/s1. The third kappa shape index (κ3) is 5.89. The lowest BCUT2D eigenvalue weighted by Crippen LogP contribution is -2.63. The number of benzene rings is 2. The molecule has 43 heavy (non-hydrogen) atoms. The Labute approximate surface area is 251 Å². The first kappa shape index (κ1) is 31.0. The van der Waals surface area contributed by atoms with E-state index in [1.54, 1.807) is 12.1 Å². The maximum absolute atomic E-state index is 14.3. The average Bonchev–Trinajstić information content (AvgIpc) is 3.64. The molecule has 2 aliphatic heterocycles. The number of anilines is 1. The van der Waals surface area contributed by atoms with Gasteiger partial charge in [-0.3, -0.25) is 4.79 Å². The number of carbonyl (C=O) groups excluding carboxylic acids is 1. The van der Waals surface area contributed by atoms with E-state index in [2.05, 4.69) is 31.6 Å². The van der Waals surface area contributed by atoms with Crippen molar-refractivity contribution in [3.05, 3.63) is 64.0 Å². The largest absolute Gasteiger partial charge is 0.394 e. The van der Waals surface area contributed by atoms with Gasteiger partial charge in [0.05, 0.1) is 36.6 Å². The highest BCUT2D eigenvalue weighted by Gasteiger charge is 2.52. The Balaban J connectivity index is 1.55. The van der Waals surface area contributed by atoms with Gasteiger partial charge < -0.3 is 35.0 Å². The number of methoxy groups -OCH3 is 1. The molecule has 3 heterocycles. The molecule has 4 N–H and O–H groups in total. The SMILES string of the molecule is COC1C(C(=O)N(c2cc(Br)cc(C#N)c2)[C@H]2CNC[C@@H]2O)OC(CO)C(O)C1n1cc(-c2cc(F)c(F)c(F)c2)nn1. The Bertz CT molecular complexity index is 1530. The van der Waals surface area contributed by atoms with Gasteiger partial charge in [-0.15, -0.1) is 5.10 Å². The number of hydrogen-bond acceptors (Lipinski definition) is 10. The Morgan fingerprint density at radius 1 is 1.23 bits per heavy atom. The van der Waals surface area contributed by atoms with Crippen molar-refractivity contribution >= 4 is 27.5 Å². The zero-order chi connectivity index (χ0) is 31.0. The maximum Gasteiger partial charge on any atom is 0.259 e. The highest BCUT2D eigenvalue weighted by molar-refractivity contribution is 9.10. The first-order chi connectivity index (χ1) is 20.6. The van der Waals surface area contributed by atoms with Crippen molar-refractivity contribution in [3.8, 4) is 17.3 Å². The van der Waals surface area contributed by atoms with Crippen LogP contribution in [0.4, 0.5) is 18.9 Å². The van der Waals surface area contributed by atoms with Crippen molar-refractivity contribution in [1.82, 2.24) is 20.3 Å². The summed E-state index contributed by atoms with van der Waals surface area (Å²) in [4.78, 5) is 15.6. The number of aliphatic hydroxyl groups is 3. The number of hydrogen-bond donors (Lipinski definition) is 4. The Hall–Kier alpha value is -3.43. The third-order valence-electron chi connectivity index (χ3n) is 7.49. The highest BCUT2D eigenvalue weighted by Crippen LogP contribution is 2.36. The summed E-state index contributed by atoms with van der Waals surface area (Å²) >= 11 is 3.34. The van der Waals surface area contributed by atoms with Crippen LogP contribution in [-0.2, 0) is 14.3 Å². The van der Waals surface area contributed by atoms with Crippen LogP contribution in [0.25, 0.3) is 11.3 Å². The monoisotopic (exact) mass is 666 g/mol. The van der Waals surface area contributed by atoms with Crippen LogP contribution in [0.5, 0.6) is 0 Å². The van der Waals surface area contributed by atoms with Crippen molar-refractivity contribution < 1.29 is 42.8 Å². The molecule has 5 unspecified atom stereocenters. The number of nitrogens with zero attached hydrogens (tertiary/aromatic N) is 5. The number of nitrogens with one attached hydrogen (secondary N) is 1. The first-order valence-electron chi connectivity index (χ1n) is 13.0. The van der Waals surface area contributed by atoms with Crippen LogP contribution >= 0.6 is 15.9 Å². The molecule has 2 fully saturated rings. The van der Waals surface area contributed by atoms with Gasteiger partial charge in [-0.2, -0.15) is 5.26 Å². The van der Waals surface area contributed by atoms with Crippen molar-refractivity contribution in [1.29, 1.82) is 5.26 Å². The Morgan fingerprint density at radius 2 is 1.95 bits per heavy atom. The highest BCUT2D eigenvalue weighted by atomic mass is 79.9. The predicted molar refractivity (Wildman–Crippen MR) is 146 cm³/mol. The van der Waals surface area contributed by atoms with Gasteiger partial charge in [-0.05, 0) is 30.3 Å². The molecule has 12 nitrogen and oxygen atoms in total. The normalized spacial score (nSPS) is 27.2. The van der Waals surface area contributed by atoms with Crippen molar-refractivity contribution in [2.24, 2.45) is 0 Å². The number of rotatable bonds is 7. The molecule has 228 valence electrons. The summed E-state index contributed by atoms with van der Waals surface area (Å²) in [6.07, 6.45) is -5.33. The fourth-order valence-electron chi connectivity index (χ4n) is 5.43. The number of amides is 1. The van der Waals surface area contributed by atoms with Crippen molar-refractivity contribution in [2.75, 3.05) is 31.7 Å². The summed E-state index contributed by atoms with van der Waals surface area (Å²) in [7, 11) is 1.26. The molecule has 1 amide bonds. The molecule has 1 aromatic heterocycles. The smallest absolute Gasteiger partial charge is 0.259 e. The minimum absolute atomic E-state index is 0.0743. The fourth-order valence-corrected chi connectivity index (χ4v) is 5.91. The van der Waals surface area contributed by atoms with Gasteiger partial charge in [0, 0.05) is 35.9 Å². The molecule has 16 heteroatoms. The number of aliphatic hydroxyl groups excluding tert-OH is 3. The lowest BCUT2D eigenvalue weighted by atomic mass is 9.91. The summed E-state index contributed by atoms with van der Waals surface area (Å²) in [6, 6.07) is 6.11. The molecule has 5 rings (SSSR count). The minimum Gasteiger partial charge on any atom is -0.394 e. The van der Waals surface area contributed by atoms with Gasteiger partial charge in [0.25, 0.3) is 5.91 Å². The Morgan fingerprint density at radius 3 is 2.56 bits per heavy atom. The van der Waals surface area contributed by atoms with Crippen molar-refractivity contribution in [2.45, 2.75) is 42.6 Å².